The van der Waals surface area contributed by atoms with Gasteiger partial charge in [-0.15, -0.1) is 0 Å². The van der Waals surface area contributed by atoms with E-state index in [1.165, 1.54) is 32.1 Å². The minimum absolute atomic E-state index is 0.252. The largest absolute Gasteiger partial charge is 0.397 e. The van der Waals surface area contributed by atoms with Crippen LogP contribution in [-0.2, 0) is 0 Å². The van der Waals surface area contributed by atoms with Crippen LogP contribution in [0.25, 0.3) is 27.6 Å². The van der Waals surface area contributed by atoms with E-state index in [4.69, 9.17) is 31.9 Å². The Hall–Kier alpha value is -2.66. The van der Waals surface area contributed by atoms with Gasteiger partial charge in [0, 0.05) is 29.0 Å². The van der Waals surface area contributed by atoms with E-state index in [1.54, 1.807) is 0 Å². The summed E-state index contributed by atoms with van der Waals surface area (Å²) in [5, 5.41) is 10.1. The van der Waals surface area contributed by atoms with Crippen molar-refractivity contribution in [3.05, 3.63) is 58.9 Å². The molecule has 1 N–H and O–H groups in total. The molecule has 0 radical (unpaired) electrons. The van der Waals surface area contributed by atoms with Crippen LogP contribution in [0.5, 0.6) is 0 Å². The van der Waals surface area contributed by atoms with Gasteiger partial charge in [-0.25, -0.2) is 9.97 Å². The van der Waals surface area contributed by atoms with E-state index in [-0.39, 0.29) is 12.1 Å². The number of aliphatic imine (C=N–C) groups is 1. The zero-order valence-electron chi connectivity index (χ0n) is 17.8. The van der Waals surface area contributed by atoms with E-state index in [0.29, 0.717) is 22.7 Å². The van der Waals surface area contributed by atoms with Gasteiger partial charge < -0.3 is 15.6 Å². The molecule has 2 aromatic carbocycles. The number of hydrogen-bond acceptors (Lipinski definition) is 4. The van der Waals surface area contributed by atoms with Gasteiger partial charge in [-0.1, -0.05) is 68.1 Å². The fraction of sp³-hybridized carbons (Fsp3) is 0.400. The number of halogens is 1. The molecular formula is C25H27ClN5-. The Labute approximate surface area is 188 Å². The zero-order valence-corrected chi connectivity index (χ0v) is 18.5. The quantitative estimate of drug-likeness (QED) is 0.491. The van der Waals surface area contributed by atoms with E-state index >= 15 is 0 Å². The maximum atomic E-state index is 6.43. The fourth-order valence-electron chi connectivity index (χ4n) is 4.83. The highest BCUT2D eigenvalue weighted by molar-refractivity contribution is 6.33. The van der Waals surface area contributed by atoms with Gasteiger partial charge in [-0.2, -0.15) is 0 Å². The molecule has 0 spiro atoms. The number of nitrogens with zero attached hydrogens (tertiary/aromatic N) is 4. The molecule has 31 heavy (non-hydrogen) atoms. The van der Waals surface area contributed by atoms with Crippen LogP contribution in [0.4, 0.5) is 5.82 Å². The highest BCUT2D eigenvalue weighted by Crippen LogP contribution is 2.37. The lowest BCUT2D eigenvalue weighted by molar-refractivity contribution is 0.304. The summed E-state index contributed by atoms with van der Waals surface area (Å²) in [5.74, 6) is 2.66. The molecule has 3 aromatic rings. The predicted octanol–water partition coefficient (Wildman–Crippen LogP) is 6.83. The van der Waals surface area contributed by atoms with Gasteiger partial charge in [0.15, 0.2) is 5.82 Å². The molecule has 1 aliphatic heterocycles. The summed E-state index contributed by atoms with van der Waals surface area (Å²) < 4.78 is 0. The molecule has 5 rings (SSSR count). The topological polar surface area (TPSA) is 64.3 Å². The second-order valence-corrected chi connectivity index (χ2v) is 8.87. The summed E-state index contributed by atoms with van der Waals surface area (Å²) in [5.41, 5.74) is 1.68. The summed E-state index contributed by atoms with van der Waals surface area (Å²) in [4.78, 5) is 14.5. The molecule has 2 aliphatic rings. The van der Waals surface area contributed by atoms with Crippen molar-refractivity contribution in [2.75, 3.05) is 5.32 Å². The Morgan fingerprint density at radius 3 is 2.58 bits per heavy atom. The molecule has 5 nitrogen and oxygen atoms in total. The normalized spacial score (nSPS) is 21.7. The number of para-hydroxylation sites is 1. The molecule has 0 amide bonds. The molecule has 0 saturated heterocycles. The van der Waals surface area contributed by atoms with Crippen molar-refractivity contribution in [3.63, 3.8) is 0 Å². The van der Waals surface area contributed by atoms with E-state index in [9.17, 15) is 0 Å². The average Bonchev–Trinajstić information content (AvgIpc) is 3.23. The first-order chi connectivity index (χ1) is 15.2. The molecular weight excluding hydrogens is 406 g/mol. The number of fused-ring (bicyclic) bond motifs is 1. The molecule has 1 aromatic heterocycles. The Balaban J connectivity index is 1.48. The number of rotatable bonds is 4. The lowest BCUT2D eigenvalue weighted by Gasteiger charge is -2.33. The third-order valence-corrected chi connectivity index (χ3v) is 6.78. The number of nitrogens with one attached hydrogen (secondary N) is 1. The van der Waals surface area contributed by atoms with Gasteiger partial charge in [0.05, 0.1) is 16.4 Å². The Morgan fingerprint density at radius 2 is 1.77 bits per heavy atom. The lowest BCUT2D eigenvalue weighted by atomic mass is 9.81. The monoisotopic (exact) mass is 432 g/mol. The first-order valence-corrected chi connectivity index (χ1v) is 11.7. The molecule has 1 aliphatic carbocycles. The molecule has 160 valence electrons. The summed E-state index contributed by atoms with van der Waals surface area (Å²) in [7, 11) is 0. The van der Waals surface area contributed by atoms with E-state index in [1.807, 2.05) is 48.5 Å². The van der Waals surface area contributed by atoms with Crippen LogP contribution in [0.15, 0.2) is 53.5 Å². The lowest BCUT2D eigenvalue weighted by Crippen LogP contribution is -2.30. The molecule has 2 heterocycles. The van der Waals surface area contributed by atoms with E-state index in [0.717, 1.165) is 28.7 Å². The van der Waals surface area contributed by atoms with Gasteiger partial charge in [-0.05, 0) is 43.4 Å². The Morgan fingerprint density at radius 1 is 1.00 bits per heavy atom. The predicted molar refractivity (Wildman–Crippen MR) is 129 cm³/mol. The molecule has 0 bridgehead atoms. The van der Waals surface area contributed by atoms with Gasteiger partial charge in [0.1, 0.15) is 0 Å². The van der Waals surface area contributed by atoms with Crippen molar-refractivity contribution in [2.45, 2.75) is 57.5 Å². The molecule has 1 fully saturated rings. The van der Waals surface area contributed by atoms with Gasteiger partial charge in [0.25, 0.3) is 0 Å². The smallest absolute Gasteiger partial charge is 0.162 e. The third kappa shape index (κ3) is 4.11. The Bertz CT molecular complexity index is 1110. The highest BCUT2D eigenvalue weighted by Gasteiger charge is 2.29. The minimum atomic E-state index is 0.252. The summed E-state index contributed by atoms with van der Waals surface area (Å²) in [6.07, 6.45) is 7.51. The van der Waals surface area contributed by atoms with E-state index in [2.05, 4.69) is 12.2 Å². The second-order valence-electron chi connectivity index (χ2n) is 8.46. The maximum absolute atomic E-state index is 6.43. The van der Waals surface area contributed by atoms with Gasteiger partial charge >= 0.3 is 0 Å². The molecule has 2 atom stereocenters. The average molecular weight is 433 g/mol. The van der Waals surface area contributed by atoms with Crippen LogP contribution in [0, 0.1) is 5.92 Å². The van der Waals surface area contributed by atoms with Crippen LogP contribution in [0.1, 0.15) is 45.4 Å². The number of aromatic nitrogens is 2. The number of hydrogen-bond donors (Lipinski definition) is 1. The molecule has 2 unspecified atom stereocenters. The summed E-state index contributed by atoms with van der Waals surface area (Å²) in [6, 6.07) is 16.2. The fourth-order valence-corrected chi connectivity index (χ4v) is 5.05. The SMILES string of the molecule is CCC1N=C(Nc2nc(-c3ccccc3Cl)nc3ccccc23)[N-]C1C1CCCCC1. The third-order valence-electron chi connectivity index (χ3n) is 6.45. The zero-order chi connectivity index (χ0) is 21.2. The minimum Gasteiger partial charge on any atom is -0.397 e. The van der Waals surface area contributed by atoms with Crippen molar-refractivity contribution in [1.29, 1.82) is 0 Å². The first kappa shape index (κ1) is 20.3. The van der Waals surface area contributed by atoms with Crippen molar-refractivity contribution < 1.29 is 0 Å². The molecule has 6 heteroatoms. The van der Waals surface area contributed by atoms with Crippen LogP contribution in [0.3, 0.4) is 0 Å². The maximum Gasteiger partial charge on any atom is 0.162 e. The van der Waals surface area contributed by atoms with Crippen molar-refractivity contribution in [1.82, 2.24) is 9.97 Å². The van der Waals surface area contributed by atoms with Crippen molar-refractivity contribution >= 4 is 34.3 Å². The van der Waals surface area contributed by atoms with Crippen LogP contribution in [-0.4, -0.2) is 28.0 Å². The van der Waals surface area contributed by atoms with Crippen LogP contribution in [0.2, 0.25) is 5.02 Å². The van der Waals surface area contributed by atoms with Crippen molar-refractivity contribution in [2.24, 2.45) is 10.9 Å². The number of guanidine groups is 1. The summed E-state index contributed by atoms with van der Waals surface area (Å²) >= 11 is 6.43. The van der Waals surface area contributed by atoms with Gasteiger partial charge in [-0.3, -0.25) is 0 Å². The first-order valence-electron chi connectivity index (χ1n) is 11.3. The standard InChI is InChI=1S/C25H27ClN5/c1-2-20-22(16-10-4-3-5-11-16)29-25(28-20)31-24-18-13-7-9-15-21(18)27-23(30-24)17-12-6-8-14-19(17)26/h6-9,12-16,20,22H,2-5,10-11H2,1H3,(H-,27,28,29,30,31)/q-1. The Kier molecular flexibility index (Phi) is 5.77. The number of benzene rings is 2. The van der Waals surface area contributed by atoms with Crippen LogP contribution >= 0.6 is 11.6 Å². The number of anilines is 1. The van der Waals surface area contributed by atoms with E-state index < -0.39 is 0 Å². The molecule has 1 saturated carbocycles. The second kappa shape index (κ2) is 8.83. The highest BCUT2D eigenvalue weighted by atomic mass is 35.5. The summed E-state index contributed by atoms with van der Waals surface area (Å²) in [6.45, 7) is 2.21. The van der Waals surface area contributed by atoms with Gasteiger partial charge in [0.2, 0.25) is 0 Å². The van der Waals surface area contributed by atoms with Crippen LogP contribution < -0.4 is 5.32 Å². The van der Waals surface area contributed by atoms with Crippen molar-refractivity contribution in [3.8, 4) is 11.4 Å².